The number of fused-ring (bicyclic) bond motifs is 1. The minimum Gasteiger partial charge on any atom is -0.394 e. The molecule has 76 valence electrons. The van der Waals surface area contributed by atoms with E-state index in [2.05, 4.69) is 37.4 Å². The first-order chi connectivity index (χ1) is 6.71. The quantitative estimate of drug-likeness (QED) is 0.750. The highest BCUT2D eigenvalue weighted by molar-refractivity contribution is 5.63. The number of anilines is 1. The summed E-state index contributed by atoms with van der Waals surface area (Å²) in [4.78, 5) is 0. The van der Waals surface area contributed by atoms with Gasteiger partial charge in [-0.25, -0.2) is 0 Å². The number of aryl methyl sites for hydroxylation is 1. The fourth-order valence-electron chi connectivity index (χ4n) is 2.15. The molecule has 1 aromatic carbocycles. The molecule has 1 aliphatic heterocycles. The van der Waals surface area contributed by atoms with Crippen molar-refractivity contribution in [3.05, 3.63) is 29.3 Å². The molecule has 1 heterocycles. The van der Waals surface area contributed by atoms with Crippen LogP contribution in [0.3, 0.4) is 0 Å². The molecule has 0 aliphatic carbocycles. The first-order valence-electron chi connectivity index (χ1n) is 5.18. The van der Waals surface area contributed by atoms with Gasteiger partial charge < -0.3 is 10.4 Å². The summed E-state index contributed by atoms with van der Waals surface area (Å²) in [5.74, 6) is 0. The third-order valence-corrected chi connectivity index (χ3v) is 3.26. The summed E-state index contributed by atoms with van der Waals surface area (Å²) in [6, 6.07) is 6.33. The molecule has 2 rings (SSSR count). The average Bonchev–Trinajstić information content (AvgIpc) is 2.59. The van der Waals surface area contributed by atoms with Crippen LogP contribution in [0.4, 0.5) is 5.69 Å². The lowest BCUT2D eigenvalue weighted by Gasteiger charge is -2.26. The highest BCUT2D eigenvalue weighted by atomic mass is 16.3. The van der Waals surface area contributed by atoms with Crippen LogP contribution < -0.4 is 5.32 Å². The Bertz CT molecular complexity index is 342. The third kappa shape index (κ3) is 1.30. The van der Waals surface area contributed by atoms with Crippen molar-refractivity contribution in [2.75, 3.05) is 11.9 Å². The predicted molar refractivity (Wildman–Crippen MR) is 58.6 cm³/mol. The van der Waals surface area contributed by atoms with Gasteiger partial charge in [0.25, 0.3) is 0 Å². The minimum absolute atomic E-state index is 0.117. The van der Waals surface area contributed by atoms with Gasteiger partial charge in [-0.3, -0.25) is 0 Å². The normalized spacial score (nSPS) is 24.5. The lowest BCUT2D eigenvalue weighted by atomic mass is 9.93. The number of benzene rings is 1. The molecule has 0 aromatic heterocycles. The first kappa shape index (κ1) is 9.53. The molecule has 0 fully saturated rings. The predicted octanol–water partition coefficient (Wildman–Crippen LogP) is 2.10. The van der Waals surface area contributed by atoms with Gasteiger partial charge in [-0.1, -0.05) is 25.1 Å². The number of aliphatic hydroxyl groups is 1. The number of hydrogen-bond acceptors (Lipinski definition) is 2. The van der Waals surface area contributed by atoms with Gasteiger partial charge in [0.1, 0.15) is 0 Å². The van der Waals surface area contributed by atoms with E-state index in [1.165, 1.54) is 16.8 Å². The standard InChI is InChI=1S/C12H17NO/c1-3-12(8-14)7-10-6-4-5-9(2)11(10)13-12/h4-6,13-14H,3,7-8H2,1-2H3. The second-order valence-electron chi connectivity index (χ2n) is 4.20. The second-order valence-corrected chi connectivity index (χ2v) is 4.20. The van der Waals surface area contributed by atoms with Crippen molar-refractivity contribution >= 4 is 5.69 Å². The fraction of sp³-hybridized carbons (Fsp3) is 0.500. The van der Waals surface area contributed by atoms with Crippen molar-refractivity contribution < 1.29 is 5.11 Å². The summed E-state index contributed by atoms with van der Waals surface area (Å²) in [6.45, 7) is 4.43. The average molecular weight is 191 g/mol. The zero-order chi connectivity index (χ0) is 10.2. The number of para-hydroxylation sites is 1. The van der Waals surface area contributed by atoms with Crippen molar-refractivity contribution in [3.63, 3.8) is 0 Å². The van der Waals surface area contributed by atoms with Crippen LogP contribution in [-0.4, -0.2) is 17.3 Å². The van der Waals surface area contributed by atoms with E-state index in [1.54, 1.807) is 0 Å². The van der Waals surface area contributed by atoms with E-state index >= 15 is 0 Å². The minimum atomic E-state index is -0.117. The van der Waals surface area contributed by atoms with Gasteiger partial charge in [0.2, 0.25) is 0 Å². The summed E-state index contributed by atoms with van der Waals surface area (Å²) in [7, 11) is 0. The maximum Gasteiger partial charge on any atom is 0.0664 e. The second kappa shape index (κ2) is 3.28. The lowest BCUT2D eigenvalue weighted by molar-refractivity contribution is 0.211. The van der Waals surface area contributed by atoms with E-state index in [4.69, 9.17) is 0 Å². The smallest absolute Gasteiger partial charge is 0.0664 e. The largest absolute Gasteiger partial charge is 0.394 e. The maximum absolute atomic E-state index is 9.42. The SMILES string of the molecule is CCC1(CO)Cc2cccc(C)c2N1. The van der Waals surface area contributed by atoms with Crippen LogP contribution >= 0.6 is 0 Å². The molecular weight excluding hydrogens is 174 g/mol. The van der Waals surface area contributed by atoms with Crippen LogP contribution in [-0.2, 0) is 6.42 Å². The van der Waals surface area contributed by atoms with Crippen molar-refractivity contribution in [1.82, 2.24) is 0 Å². The molecule has 0 bridgehead atoms. The Kier molecular flexibility index (Phi) is 2.23. The van der Waals surface area contributed by atoms with Crippen LogP contribution in [0, 0.1) is 6.92 Å². The van der Waals surface area contributed by atoms with Crippen molar-refractivity contribution in [3.8, 4) is 0 Å². The molecule has 0 saturated carbocycles. The monoisotopic (exact) mass is 191 g/mol. The Labute approximate surface area is 85.0 Å². The van der Waals surface area contributed by atoms with Crippen molar-refractivity contribution in [2.45, 2.75) is 32.2 Å². The first-order valence-corrected chi connectivity index (χ1v) is 5.18. The van der Waals surface area contributed by atoms with E-state index in [0.29, 0.717) is 0 Å². The summed E-state index contributed by atoms with van der Waals surface area (Å²) < 4.78 is 0. The Morgan fingerprint density at radius 1 is 1.50 bits per heavy atom. The molecular formula is C12H17NO. The van der Waals surface area contributed by atoms with Crippen molar-refractivity contribution in [1.29, 1.82) is 0 Å². The lowest BCUT2D eigenvalue weighted by Crippen LogP contribution is -2.39. The number of rotatable bonds is 2. The van der Waals surface area contributed by atoms with Gasteiger partial charge >= 0.3 is 0 Å². The van der Waals surface area contributed by atoms with Crippen LogP contribution in [0.2, 0.25) is 0 Å². The highest BCUT2D eigenvalue weighted by Crippen LogP contribution is 2.36. The number of hydrogen-bond donors (Lipinski definition) is 2. The molecule has 0 radical (unpaired) electrons. The summed E-state index contributed by atoms with van der Waals surface area (Å²) in [5.41, 5.74) is 3.71. The Balaban J connectivity index is 2.38. The van der Waals surface area contributed by atoms with Gasteiger partial charge in [-0.2, -0.15) is 0 Å². The van der Waals surface area contributed by atoms with Gasteiger partial charge in [-0.05, 0) is 30.9 Å². The van der Waals surface area contributed by atoms with E-state index in [1.807, 2.05) is 0 Å². The number of aliphatic hydroxyl groups excluding tert-OH is 1. The molecule has 14 heavy (non-hydrogen) atoms. The van der Waals surface area contributed by atoms with Gasteiger partial charge in [0.05, 0.1) is 12.1 Å². The third-order valence-electron chi connectivity index (χ3n) is 3.26. The van der Waals surface area contributed by atoms with Crippen LogP contribution in [0.5, 0.6) is 0 Å². The van der Waals surface area contributed by atoms with Crippen LogP contribution in [0.1, 0.15) is 24.5 Å². The van der Waals surface area contributed by atoms with E-state index < -0.39 is 0 Å². The van der Waals surface area contributed by atoms with Crippen LogP contribution in [0.25, 0.3) is 0 Å². The molecule has 1 atom stereocenters. The molecule has 2 nitrogen and oxygen atoms in total. The molecule has 0 spiro atoms. The molecule has 0 amide bonds. The van der Waals surface area contributed by atoms with Crippen molar-refractivity contribution in [2.24, 2.45) is 0 Å². The molecule has 1 aliphatic rings. The molecule has 2 heteroatoms. The summed E-state index contributed by atoms with van der Waals surface area (Å²) in [6.07, 6.45) is 1.90. The van der Waals surface area contributed by atoms with Crippen LogP contribution in [0.15, 0.2) is 18.2 Å². The molecule has 0 saturated heterocycles. The molecule has 1 aromatic rings. The Morgan fingerprint density at radius 3 is 2.86 bits per heavy atom. The Morgan fingerprint density at radius 2 is 2.29 bits per heavy atom. The summed E-state index contributed by atoms with van der Waals surface area (Å²) >= 11 is 0. The topological polar surface area (TPSA) is 32.3 Å². The Hall–Kier alpha value is -1.02. The number of nitrogens with one attached hydrogen (secondary N) is 1. The van der Waals surface area contributed by atoms with Gasteiger partial charge in [0.15, 0.2) is 0 Å². The zero-order valence-electron chi connectivity index (χ0n) is 8.80. The zero-order valence-corrected chi connectivity index (χ0v) is 8.80. The highest BCUT2D eigenvalue weighted by Gasteiger charge is 2.34. The molecule has 2 N–H and O–H groups in total. The maximum atomic E-state index is 9.42. The van der Waals surface area contributed by atoms with E-state index in [9.17, 15) is 5.11 Å². The van der Waals surface area contributed by atoms with E-state index in [0.717, 1.165) is 12.8 Å². The van der Waals surface area contributed by atoms with Gasteiger partial charge in [-0.15, -0.1) is 0 Å². The molecule has 1 unspecified atom stereocenters. The van der Waals surface area contributed by atoms with E-state index in [-0.39, 0.29) is 12.1 Å². The van der Waals surface area contributed by atoms with Gasteiger partial charge in [0, 0.05) is 5.69 Å². The summed E-state index contributed by atoms with van der Waals surface area (Å²) in [5, 5.41) is 12.9. The fourth-order valence-corrected chi connectivity index (χ4v) is 2.15.